The maximum Gasteiger partial charge on any atom is 0.408 e. The average Bonchev–Trinajstić information content (AvgIpc) is 3.59. The number of nitrogens with zero attached hydrogens (tertiary/aromatic N) is 1. The number of benzene rings is 1. The van der Waals surface area contributed by atoms with E-state index >= 15 is 0 Å². The third kappa shape index (κ3) is 7.96. The molecule has 0 spiro atoms. The lowest BCUT2D eigenvalue weighted by Gasteiger charge is -2.35. The van der Waals surface area contributed by atoms with Gasteiger partial charge in [-0.25, -0.2) is 4.79 Å². The second kappa shape index (κ2) is 11.9. The van der Waals surface area contributed by atoms with E-state index in [0.717, 1.165) is 11.1 Å². The second-order valence-corrected chi connectivity index (χ2v) is 9.85. The van der Waals surface area contributed by atoms with E-state index in [4.69, 9.17) is 10.5 Å². The van der Waals surface area contributed by atoms with E-state index in [1.807, 2.05) is 32.0 Å². The maximum absolute atomic E-state index is 13.9. The number of aryl methyl sites for hydroxylation is 2. The molecule has 2 rings (SSSR count). The predicted octanol–water partition coefficient (Wildman–Crippen LogP) is 1.39. The first kappa shape index (κ1) is 28.6. The van der Waals surface area contributed by atoms with Crippen molar-refractivity contribution in [3.8, 4) is 0 Å². The summed E-state index contributed by atoms with van der Waals surface area (Å²) in [6, 6.07) is 2.70. The molecule has 4 N–H and O–H groups in total. The van der Waals surface area contributed by atoms with E-state index in [0.29, 0.717) is 18.4 Å². The van der Waals surface area contributed by atoms with Crippen LogP contribution in [-0.2, 0) is 28.7 Å². The summed E-state index contributed by atoms with van der Waals surface area (Å²) in [4.78, 5) is 64.7. The summed E-state index contributed by atoms with van der Waals surface area (Å²) < 4.78 is 9.88. The second-order valence-electron chi connectivity index (χ2n) is 9.85. The number of amides is 4. The Hall–Kier alpha value is -3.63. The Bertz CT molecular complexity index is 994. The van der Waals surface area contributed by atoms with Gasteiger partial charge in [-0.15, -0.1) is 0 Å². The lowest BCUT2D eigenvalue weighted by atomic mass is 9.93. The highest BCUT2D eigenvalue weighted by atomic mass is 16.6. The number of primary amides is 1. The van der Waals surface area contributed by atoms with Gasteiger partial charge in [-0.1, -0.05) is 18.2 Å². The molecular weight excluding hydrogens is 468 g/mol. The minimum atomic E-state index is -1.35. The highest BCUT2D eigenvalue weighted by molar-refractivity contribution is 5.95. The van der Waals surface area contributed by atoms with Crippen molar-refractivity contribution in [3.05, 3.63) is 34.9 Å². The van der Waals surface area contributed by atoms with Crippen LogP contribution < -0.4 is 16.4 Å². The zero-order chi connectivity index (χ0) is 27.2. The zero-order valence-electron chi connectivity index (χ0n) is 21.7. The molecule has 1 fully saturated rings. The first-order valence-electron chi connectivity index (χ1n) is 11.8. The average molecular weight is 505 g/mol. The van der Waals surface area contributed by atoms with Crippen LogP contribution in [-0.4, -0.2) is 66.0 Å². The Morgan fingerprint density at radius 3 is 2.17 bits per heavy atom. The van der Waals surface area contributed by atoms with Gasteiger partial charge in [0.25, 0.3) is 0 Å². The molecule has 11 nitrogen and oxygen atoms in total. The number of hydrogen-bond donors (Lipinski definition) is 3. The number of ether oxygens (including phenoxy) is 2. The fourth-order valence-electron chi connectivity index (χ4n) is 3.89. The lowest BCUT2D eigenvalue weighted by Crippen LogP contribution is -2.55. The van der Waals surface area contributed by atoms with E-state index < -0.39 is 53.9 Å². The van der Waals surface area contributed by atoms with E-state index in [1.165, 1.54) is 12.0 Å². The summed E-state index contributed by atoms with van der Waals surface area (Å²) in [5.74, 6) is -2.69. The number of methoxy groups -OCH3 is 1. The van der Waals surface area contributed by atoms with Crippen molar-refractivity contribution >= 4 is 29.8 Å². The van der Waals surface area contributed by atoms with Crippen LogP contribution >= 0.6 is 0 Å². The Labute approximate surface area is 211 Å². The number of esters is 1. The molecule has 0 aromatic heterocycles. The molecule has 1 aliphatic carbocycles. The Morgan fingerprint density at radius 2 is 1.69 bits per heavy atom. The zero-order valence-corrected chi connectivity index (χ0v) is 21.7. The van der Waals surface area contributed by atoms with Gasteiger partial charge < -0.3 is 30.7 Å². The Balaban J connectivity index is 2.51. The first-order valence-corrected chi connectivity index (χ1v) is 11.8. The van der Waals surface area contributed by atoms with Crippen molar-refractivity contribution in [2.75, 3.05) is 13.7 Å². The molecule has 2 unspecified atom stereocenters. The summed E-state index contributed by atoms with van der Waals surface area (Å²) >= 11 is 0. The smallest absolute Gasteiger partial charge is 0.408 e. The summed E-state index contributed by atoms with van der Waals surface area (Å²) in [5.41, 5.74) is 6.66. The highest BCUT2D eigenvalue weighted by Gasteiger charge is 2.45. The van der Waals surface area contributed by atoms with Crippen LogP contribution in [0.1, 0.15) is 62.8 Å². The lowest BCUT2D eigenvalue weighted by molar-refractivity contribution is -0.145. The Kier molecular flexibility index (Phi) is 9.43. The van der Waals surface area contributed by atoms with Gasteiger partial charge in [-0.05, 0) is 64.2 Å². The molecule has 36 heavy (non-hydrogen) atoms. The molecule has 1 saturated carbocycles. The van der Waals surface area contributed by atoms with Gasteiger partial charge in [0.05, 0.1) is 13.5 Å². The molecule has 11 heteroatoms. The first-order chi connectivity index (χ1) is 16.7. The topological polar surface area (TPSA) is 157 Å². The monoisotopic (exact) mass is 504 g/mol. The van der Waals surface area contributed by atoms with E-state index in [2.05, 4.69) is 15.4 Å². The molecule has 198 valence electrons. The summed E-state index contributed by atoms with van der Waals surface area (Å²) in [6.45, 7) is 8.24. The van der Waals surface area contributed by atoms with Crippen molar-refractivity contribution < 1.29 is 33.4 Å². The summed E-state index contributed by atoms with van der Waals surface area (Å²) in [5, 5.41) is 4.99. The molecule has 0 heterocycles. The standard InChI is InChI=1S/C25H36N4O7/c1-14-8-7-9-15(2)20(14)21(22(32)27-13-19(31)35-6)29(16-10-11-16)23(33)17(12-18(26)30)28-24(34)36-25(3,4)5/h7-9,16-17,21H,10-13H2,1-6H3,(H2,26,30)(H,27,32)(H,28,34). The van der Waals surface area contributed by atoms with Crippen LogP contribution in [0.25, 0.3) is 0 Å². The molecule has 1 aromatic carbocycles. The molecule has 1 aromatic rings. The predicted molar refractivity (Wildman–Crippen MR) is 131 cm³/mol. The minimum Gasteiger partial charge on any atom is -0.468 e. The van der Waals surface area contributed by atoms with Gasteiger partial charge in [-0.3, -0.25) is 19.2 Å². The number of rotatable bonds is 10. The summed E-state index contributed by atoms with van der Waals surface area (Å²) in [6.07, 6.45) is -0.109. The van der Waals surface area contributed by atoms with Crippen molar-refractivity contribution in [1.29, 1.82) is 0 Å². The van der Waals surface area contributed by atoms with Crippen LogP contribution in [0.2, 0.25) is 0 Å². The third-order valence-corrected chi connectivity index (χ3v) is 5.57. The van der Waals surface area contributed by atoms with Crippen LogP contribution in [0.4, 0.5) is 4.79 Å². The van der Waals surface area contributed by atoms with Crippen LogP contribution in [0.15, 0.2) is 18.2 Å². The summed E-state index contributed by atoms with van der Waals surface area (Å²) in [7, 11) is 1.20. The van der Waals surface area contributed by atoms with Gasteiger partial charge in [0.1, 0.15) is 24.2 Å². The van der Waals surface area contributed by atoms with Gasteiger partial charge in [-0.2, -0.15) is 0 Å². The quantitative estimate of drug-likeness (QED) is 0.406. The molecule has 0 saturated heterocycles. The van der Waals surface area contributed by atoms with Gasteiger partial charge >= 0.3 is 12.1 Å². The van der Waals surface area contributed by atoms with Crippen LogP contribution in [0, 0.1) is 13.8 Å². The van der Waals surface area contributed by atoms with E-state index in [1.54, 1.807) is 20.8 Å². The molecule has 0 bridgehead atoms. The number of carbonyl (C=O) groups excluding carboxylic acids is 5. The number of nitrogens with two attached hydrogens (primary N) is 1. The fourth-order valence-corrected chi connectivity index (χ4v) is 3.89. The normalized spacial score (nSPS) is 14.7. The molecular formula is C25H36N4O7. The van der Waals surface area contributed by atoms with Crippen molar-refractivity contribution in [1.82, 2.24) is 15.5 Å². The SMILES string of the molecule is COC(=O)CNC(=O)C(c1c(C)cccc1C)N(C(=O)C(CC(N)=O)NC(=O)OC(C)(C)C)C1CC1. The number of hydrogen-bond acceptors (Lipinski definition) is 7. The number of nitrogens with one attached hydrogen (secondary N) is 2. The van der Waals surface area contributed by atoms with Crippen LogP contribution in [0.5, 0.6) is 0 Å². The minimum absolute atomic E-state index is 0.304. The van der Waals surface area contributed by atoms with E-state index in [-0.39, 0.29) is 12.6 Å². The van der Waals surface area contributed by atoms with Gasteiger partial charge in [0, 0.05) is 6.04 Å². The molecule has 0 radical (unpaired) electrons. The third-order valence-electron chi connectivity index (χ3n) is 5.57. The van der Waals surface area contributed by atoms with E-state index in [9.17, 15) is 24.0 Å². The number of alkyl carbamates (subject to hydrolysis) is 1. The Morgan fingerprint density at radius 1 is 1.11 bits per heavy atom. The highest BCUT2D eigenvalue weighted by Crippen LogP contribution is 2.37. The van der Waals surface area contributed by atoms with Crippen molar-refractivity contribution in [2.45, 2.75) is 77.6 Å². The van der Waals surface area contributed by atoms with Crippen molar-refractivity contribution in [2.24, 2.45) is 5.73 Å². The largest absolute Gasteiger partial charge is 0.468 e. The fraction of sp³-hybridized carbons (Fsp3) is 0.560. The number of carbonyl (C=O) groups is 5. The van der Waals surface area contributed by atoms with Gasteiger partial charge in [0.15, 0.2) is 0 Å². The van der Waals surface area contributed by atoms with Crippen LogP contribution in [0.3, 0.4) is 0 Å². The van der Waals surface area contributed by atoms with Crippen molar-refractivity contribution in [3.63, 3.8) is 0 Å². The van der Waals surface area contributed by atoms with Gasteiger partial charge in [0.2, 0.25) is 17.7 Å². The molecule has 1 aliphatic rings. The molecule has 2 atom stereocenters. The molecule has 0 aliphatic heterocycles. The molecule has 4 amide bonds. The maximum atomic E-state index is 13.9.